The highest BCUT2D eigenvalue weighted by atomic mass is 32.2. The summed E-state index contributed by atoms with van der Waals surface area (Å²) in [6, 6.07) is 12.6. The molecule has 1 aliphatic rings. The minimum Gasteiger partial charge on any atom is -0.342 e. The lowest BCUT2D eigenvalue weighted by Crippen LogP contribution is -2.33. The van der Waals surface area contributed by atoms with Gasteiger partial charge in [0, 0.05) is 36.4 Å². The highest BCUT2D eigenvalue weighted by Gasteiger charge is 2.33. The van der Waals surface area contributed by atoms with Gasteiger partial charge in [0.15, 0.2) is 15.6 Å². The van der Waals surface area contributed by atoms with Gasteiger partial charge in [-0.2, -0.15) is 0 Å². The van der Waals surface area contributed by atoms with Crippen LogP contribution in [0, 0.1) is 0 Å². The fourth-order valence-electron chi connectivity index (χ4n) is 3.13. The van der Waals surface area contributed by atoms with Crippen molar-refractivity contribution in [2.45, 2.75) is 24.5 Å². The van der Waals surface area contributed by atoms with Crippen molar-refractivity contribution in [3.63, 3.8) is 0 Å². The molecule has 1 aromatic carbocycles. The number of Topliss-reactive ketones (excluding diaryl/α,β-unsaturated/α-hetero) is 1. The molecule has 0 aliphatic carbocycles. The molecule has 1 aromatic heterocycles. The van der Waals surface area contributed by atoms with Crippen LogP contribution in [-0.4, -0.2) is 43.9 Å². The smallest absolute Gasteiger partial charge is 0.223 e. The zero-order chi connectivity index (χ0) is 18.6. The molecule has 1 atom stereocenters. The molecule has 0 saturated carbocycles. The topological polar surface area (TPSA) is 71.5 Å². The zero-order valence-electron chi connectivity index (χ0n) is 14.3. The second-order valence-corrected chi connectivity index (χ2v) is 9.61. The summed E-state index contributed by atoms with van der Waals surface area (Å²) in [6.07, 6.45) is 0.652. The fraction of sp³-hybridized carbons (Fsp3) is 0.368. The molecule has 1 fully saturated rings. The monoisotopic (exact) mass is 391 g/mol. The van der Waals surface area contributed by atoms with Crippen LogP contribution in [0.5, 0.6) is 0 Å². The summed E-state index contributed by atoms with van der Waals surface area (Å²) in [4.78, 5) is 27.0. The Morgan fingerprint density at radius 2 is 1.81 bits per heavy atom. The number of sulfone groups is 1. The lowest BCUT2D eigenvalue weighted by Gasteiger charge is -2.19. The van der Waals surface area contributed by atoms with Crippen LogP contribution in [0.3, 0.4) is 0 Å². The summed E-state index contributed by atoms with van der Waals surface area (Å²) < 4.78 is 25.1. The second-order valence-electron chi connectivity index (χ2n) is 6.33. The van der Waals surface area contributed by atoms with E-state index in [4.69, 9.17) is 0 Å². The third-order valence-corrected chi connectivity index (χ3v) is 7.86. The van der Waals surface area contributed by atoms with Crippen molar-refractivity contribution in [3.8, 4) is 0 Å². The quantitative estimate of drug-likeness (QED) is 0.734. The maximum atomic E-state index is 12.5. The van der Waals surface area contributed by atoms with Gasteiger partial charge in [-0.25, -0.2) is 8.42 Å². The van der Waals surface area contributed by atoms with E-state index < -0.39 is 15.1 Å². The third kappa shape index (κ3) is 4.40. The molecule has 1 amide bonds. The first-order chi connectivity index (χ1) is 12.5. The summed E-state index contributed by atoms with van der Waals surface area (Å²) in [5.41, 5.74) is 0.594. The van der Waals surface area contributed by atoms with Gasteiger partial charge in [0.25, 0.3) is 0 Å². The van der Waals surface area contributed by atoms with E-state index in [0.717, 1.165) is 4.88 Å². The highest BCUT2D eigenvalue weighted by Crippen LogP contribution is 2.32. The van der Waals surface area contributed by atoms with Crippen LogP contribution in [-0.2, 0) is 14.6 Å². The van der Waals surface area contributed by atoms with Crippen LogP contribution >= 0.6 is 11.3 Å². The summed E-state index contributed by atoms with van der Waals surface area (Å²) in [5.74, 6) is -0.261. The summed E-state index contributed by atoms with van der Waals surface area (Å²) in [7, 11) is -3.27. The van der Waals surface area contributed by atoms with Gasteiger partial charge >= 0.3 is 0 Å². The van der Waals surface area contributed by atoms with E-state index in [1.807, 2.05) is 23.6 Å². The number of ketones is 1. The molecule has 2 heterocycles. The molecule has 0 unspecified atom stereocenters. The van der Waals surface area contributed by atoms with E-state index in [1.165, 1.54) is 11.3 Å². The predicted molar refractivity (Wildman–Crippen MR) is 102 cm³/mol. The SMILES string of the molecule is O=C(CCC(=O)N1CC[C@H](c2cccs2)S(=O)(=O)CC1)c1ccccc1. The van der Waals surface area contributed by atoms with Crippen LogP contribution < -0.4 is 0 Å². The maximum Gasteiger partial charge on any atom is 0.223 e. The first-order valence-corrected chi connectivity index (χ1v) is 11.2. The number of nitrogens with zero attached hydrogens (tertiary/aromatic N) is 1. The van der Waals surface area contributed by atoms with Crippen molar-refractivity contribution in [3.05, 3.63) is 58.3 Å². The Hall–Kier alpha value is -1.99. The molecule has 26 heavy (non-hydrogen) atoms. The molecule has 138 valence electrons. The molecule has 7 heteroatoms. The number of hydrogen-bond acceptors (Lipinski definition) is 5. The molecule has 0 N–H and O–H groups in total. The number of benzene rings is 1. The number of thiophene rings is 1. The average molecular weight is 392 g/mol. The molecule has 0 radical (unpaired) electrons. The molecular weight excluding hydrogens is 370 g/mol. The van der Waals surface area contributed by atoms with Gasteiger partial charge in [0.05, 0.1) is 11.0 Å². The van der Waals surface area contributed by atoms with Crippen molar-refractivity contribution in [1.29, 1.82) is 0 Å². The Bertz CT molecular complexity index is 860. The molecule has 1 saturated heterocycles. The van der Waals surface area contributed by atoms with Crippen LogP contribution in [0.2, 0.25) is 0 Å². The van der Waals surface area contributed by atoms with Crippen LogP contribution in [0.4, 0.5) is 0 Å². The Labute approximate surface area is 157 Å². The lowest BCUT2D eigenvalue weighted by atomic mass is 10.1. The Kier molecular flexibility index (Phi) is 5.88. The van der Waals surface area contributed by atoms with E-state index in [0.29, 0.717) is 18.5 Å². The van der Waals surface area contributed by atoms with Crippen molar-refractivity contribution in [1.82, 2.24) is 4.90 Å². The van der Waals surface area contributed by atoms with Gasteiger partial charge < -0.3 is 4.90 Å². The molecular formula is C19H21NO4S2. The van der Waals surface area contributed by atoms with E-state index in [1.54, 1.807) is 29.2 Å². The summed E-state index contributed by atoms with van der Waals surface area (Å²) in [6.45, 7) is 0.600. The van der Waals surface area contributed by atoms with Gasteiger partial charge in [0.1, 0.15) is 0 Å². The van der Waals surface area contributed by atoms with Crippen molar-refractivity contribution < 1.29 is 18.0 Å². The minimum atomic E-state index is -3.27. The standard InChI is InChI=1S/C19H21NO4S2/c21-16(15-5-2-1-3-6-15)8-9-19(22)20-11-10-18(17-7-4-13-25-17)26(23,24)14-12-20/h1-7,13,18H,8-12,14H2/t18-/m1/s1. The predicted octanol–water partition coefficient (Wildman–Crippen LogP) is 3.10. The van der Waals surface area contributed by atoms with Gasteiger partial charge in [-0.05, 0) is 17.9 Å². The van der Waals surface area contributed by atoms with Gasteiger partial charge in [-0.15, -0.1) is 11.3 Å². The number of carbonyl (C=O) groups excluding carboxylic acids is 2. The van der Waals surface area contributed by atoms with Gasteiger partial charge in [0.2, 0.25) is 5.91 Å². The fourth-order valence-corrected chi connectivity index (χ4v) is 6.14. The Morgan fingerprint density at radius 1 is 1.04 bits per heavy atom. The van der Waals surface area contributed by atoms with Crippen LogP contribution in [0.25, 0.3) is 0 Å². The Morgan fingerprint density at radius 3 is 2.50 bits per heavy atom. The largest absolute Gasteiger partial charge is 0.342 e. The molecule has 2 aromatic rings. The number of rotatable bonds is 5. The van der Waals surface area contributed by atoms with Crippen molar-refractivity contribution in [2.24, 2.45) is 0 Å². The van der Waals surface area contributed by atoms with Crippen LogP contribution in [0.1, 0.15) is 39.7 Å². The third-order valence-electron chi connectivity index (χ3n) is 4.62. The maximum absolute atomic E-state index is 12.5. The first kappa shape index (κ1) is 18.8. The summed E-state index contributed by atoms with van der Waals surface area (Å²) in [5, 5.41) is 1.33. The molecule has 0 bridgehead atoms. The van der Waals surface area contributed by atoms with Gasteiger partial charge in [-0.1, -0.05) is 36.4 Å². The van der Waals surface area contributed by atoms with Crippen LogP contribution in [0.15, 0.2) is 47.8 Å². The van der Waals surface area contributed by atoms with Gasteiger partial charge in [-0.3, -0.25) is 9.59 Å². The molecule has 3 rings (SSSR count). The molecule has 5 nitrogen and oxygen atoms in total. The first-order valence-electron chi connectivity index (χ1n) is 8.58. The van der Waals surface area contributed by atoms with E-state index >= 15 is 0 Å². The number of amides is 1. The Balaban J connectivity index is 1.60. The van der Waals surface area contributed by atoms with Crippen molar-refractivity contribution in [2.75, 3.05) is 18.8 Å². The van der Waals surface area contributed by atoms with E-state index in [-0.39, 0.29) is 36.8 Å². The zero-order valence-corrected chi connectivity index (χ0v) is 16.0. The second kappa shape index (κ2) is 8.14. The minimum absolute atomic E-state index is 0.0338. The normalized spacial score (nSPS) is 19.7. The van der Waals surface area contributed by atoms with E-state index in [2.05, 4.69) is 0 Å². The highest BCUT2D eigenvalue weighted by molar-refractivity contribution is 7.91. The average Bonchev–Trinajstić information content (AvgIpc) is 3.11. The number of hydrogen-bond donors (Lipinski definition) is 0. The van der Waals surface area contributed by atoms with Crippen molar-refractivity contribution >= 4 is 32.9 Å². The summed E-state index contributed by atoms with van der Waals surface area (Å²) >= 11 is 1.44. The number of carbonyl (C=O) groups is 2. The van der Waals surface area contributed by atoms with E-state index in [9.17, 15) is 18.0 Å². The molecule has 1 aliphatic heterocycles. The lowest BCUT2D eigenvalue weighted by molar-refractivity contribution is -0.130. The molecule has 0 spiro atoms.